The number of aryl methyl sites for hydroxylation is 1. The van der Waals surface area contributed by atoms with Crippen LogP contribution in [0.3, 0.4) is 0 Å². The third kappa shape index (κ3) is 5.13. The average Bonchev–Trinajstić information content (AvgIpc) is 2.70. The van der Waals surface area contributed by atoms with Crippen molar-refractivity contribution in [1.29, 1.82) is 0 Å². The highest BCUT2D eigenvalue weighted by molar-refractivity contribution is 5.92. The first kappa shape index (κ1) is 20.4. The Kier molecular flexibility index (Phi) is 6.50. The lowest BCUT2D eigenvalue weighted by Crippen LogP contribution is -2.08. The molecule has 0 aliphatic heterocycles. The van der Waals surface area contributed by atoms with E-state index >= 15 is 0 Å². The van der Waals surface area contributed by atoms with E-state index in [1.807, 2.05) is 25.1 Å². The summed E-state index contributed by atoms with van der Waals surface area (Å²) >= 11 is 0. The molecule has 0 N–H and O–H groups in total. The molecule has 5 heteroatoms. The van der Waals surface area contributed by atoms with Crippen molar-refractivity contribution < 1.29 is 22.7 Å². The quantitative estimate of drug-likeness (QED) is 0.256. The predicted molar refractivity (Wildman–Crippen MR) is 109 cm³/mol. The third-order valence-electron chi connectivity index (χ3n) is 4.46. The van der Waals surface area contributed by atoms with Gasteiger partial charge in [-0.15, -0.1) is 0 Å². The Labute approximate surface area is 166 Å². The molecule has 0 radical (unpaired) electrons. The van der Waals surface area contributed by atoms with Crippen molar-refractivity contribution in [1.82, 2.24) is 0 Å². The summed E-state index contributed by atoms with van der Waals surface area (Å²) in [4.78, 5) is 12.4. The SMILES string of the molecule is C/C=C/CCc1ccc(C(=O)Oc2ccc3c(F)c(C=C(F)F)ccc3c2)cc1. The van der Waals surface area contributed by atoms with E-state index in [0.717, 1.165) is 18.4 Å². The number of ether oxygens (including phenoxy) is 1. The number of benzene rings is 3. The number of halogens is 3. The summed E-state index contributed by atoms with van der Waals surface area (Å²) in [5, 5.41) is 0.619. The zero-order valence-corrected chi connectivity index (χ0v) is 15.8. The largest absolute Gasteiger partial charge is 0.423 e. The van der Waals surface area contributed by atoms with Crippen LogP contribution in [0, 0.1) is 5.82 Å². The normalized spacial score (nSPS) is 11.0. The lowest BCUT2D eigenvalue weighted by atomic mass is 10.1. The number of carbonyl (C=O) groups excluding carboxylic acids is 1. The van der Waals surface area contributed by atoms with E-state index in [4.69, 9.17) is 4.74 Å². The molecule has 0 atom stereocenters. The Balaban J connectivity index is 1.75. The highest BCUT2D eigenvalue weighted by Gasteiger charge is 2.11. The smallest absolute Gasteiger partial charge is 0.343 e. The molecule has 3 rings (SSSR count). The van der Waals surface area contributed by atoms with Crippen molar-refractivity contribution >= 4 is 22.8 Å². The van der Waals surface area contributed by atoms with Crippen LogP contribution >= 0.6 is 0 Å². The maximum atomic E-state index is 14.3. The molecule has 2 nitrogen and oxygen atoms in total. The van der Waals surface area contributed by atoms with Crippen LogP contribution < -0.4 is 4.74 Å². The average molecular weight is 396 g/mol. The number of esters is 1. The van der Waals surface area contributed by atoms with Gasteiger partial charge in [-0.3, -0.25) is 0 Å². The molecule has 0 unspecified atom stereocenters. The van der Waals surface area contributed by atoms with Crippen LogP contribution in [0.15, 0.2) is 72.8 Å². The van der Waals surface area contributed by atoms with Gasteiger partial charge in [0.05, 0.1) is 5.56 Å². The molecule has 0 bridgehead atoms. The molecular formula is C24H19F3O2. The van der Waals surface area contributed by atoms with Gasteiger partial charge in [0.15, 0.2) is 0 Å². The summed E-state index contributed by atoms with van der Waals surface area (Å²) in [6.45, 7) is 1.97. The number of fused-ring (bicyclic) bond motifs is 1. The van der Waals surface area contributed by atoms with E-state index in [2.05, 4.69) is 6.08 Å². The molecule has 0 aromatic heterocycles. The summed E-state index contributed by atoms with van der Waals surface area (Å²) in [6.07, 6.45) is 4.41. The highest BCUT2D eigenvalue weighted by Crippen LogP contribution is 2.27. The molecule has 0 aliphatic carbocycles. The van der Waals surface area contributed by atoms with Gasteiger partial charge >= 0.3 is 5.97 Å². The van der Waals surface area contributed by atoms with E-state index < -0.39 is 17.9 Å². The molecule has 0 fully saturated rings. The Morgan fingerprint density at radius 2 is 1.79 bits per heavy atom. The fourth-order valence-corrected chi connectivity index (χ4v) is 2.97. The van der Waals surface area contributed by atoms with E-state index in [9.17, 15) is 18.0 Å². The first-order valence-corrected chi connectivity index (χ1v) is 9.15. The summed E-state index contributed by atoms with van der Waals surface area (Å²) in [6, 6.07) is 14.3. The van der Waals surface area contributed by atoms with Gasteiger partial charge in [-0.05, 0) is 61.0 Å². The summed E-state index contributed by atoms with van der Waals surface area (Å²) in [7, 11) is 0. The van der Waals surface area contributed by atoms with Crippen LogP contribution in [0.5, 0.6) is 5.75 Å². The van der Waals surface area contributed by atoms with Crippen molar-refractivity contribution in [3.05, 3.63) is 95.3 Å². The van der Waals surface area contributed by atoms with Gasteiger partial charge in [0, 0.05) is 17.0 Å². The van der Waals surface area contributed by atoms with Crippen LogP contribution in [0.2, 0.25) is 0 Å². The van der Waals surface area contributed by atoms with Crippen LogP contribution in [0.4, 0.5) is 13.2 Å². The monoisotopic (exact) mass is 396 g/mol. The first-order valence-electron chi connectivity index (χ1n) is 9.15. The minimum absolute atomic E-state index is 0.172. The standard InChI is InChI=1S/C24H19F3O2/c1-2-3-4-5-16-6-8-17(9-7-16)24(28)29-20-12-13-21-18(14-20)10-11-19(23(21)27)15-22(25)26/h2-3,6-15H,4-5H2,1H3/b3-2+. The van der Waals surface area contributed by atoms with Crippen molar-refractivity contribution in [2.45, 2.75) is 19.8 Å². The summed E-state index contributed by atoms with van der Waals surface area (Å²) in [5.41, 5.74) is 1.33. The van der Waals surface area contributed by atoms with Gasteiger partial charge in [0.1, 0.15) is 11.6 Å². The van der Waals surface area contributed by atoms with E-state index in [1.165, 1.54) is 30.3 Å². The lowest BCUT2D eigenvalue weighted by molar-refractivity contribution is 0.0735. The van der Waals surface area contributed by atoms with Gasteiger partial charge < -0.3 is 4.74 Å². The summed E-state index contributed by atoms with van der Waals surface area (Å²) < 4.78 is 44.5. The van der Waals surface area contributed by atoms with Gasteiger partial charge in [-0.1, -0.05) is 36.4 Å². The lowest BCUT2D eigenvalue weighted by Gasteiger charge is -2.08. The Morgan fingerprint density at radius 3 is 2.48 bits per heavy atom. The molecule has 0 aliphatic rings. The molecule has 148 valence electrons. The van der Waals surface area contributed by atoms with Crippen LogP contribution in [0.25, 0.3) is 16.8 Å². The van der Waals surface area contributed by atoms with Gasteiger partial charge in [-0.2, -0.15) is 8.78 Å². The van der Waals surface area contributed by atoms with Crippen molar-refractivity contribution in [3.63, 3.8) is 0 Å². The predicted octanol–water partition coefficient (Wildman–Crippen LogP) is 6.94. The van der Waals surface area contributed by atoms with Crippen LogP contribution in [-0.2, 0) is 6.42 Å². The second-order valence-electron chi connectivity index (χ2n) is 6.48. The molecule has 0 saturated heterocycles. The maximum absolute atomic E-state index is 14.3. The minimum atomic E-state index is -1.97. The third-order valence-corrected chi connectivity index (χ3v) is 4.46. The summed E-state index contributed by atoms with van der Waals surface area (Å²) in [5.74, 6) is -1.02. The zero-order chi connectivity index (χ0) is 20.8. The number of hydrogen-bond donors (Lipinski definition) is 0. The van der Waals surface area contributed by atoms with Gasteiger partial charge in [0.25, 0.3) is 6.08 Å². The van der Waals surface area contributed by atoms with Crippen molar-refractivity contribution in [2.75, 3.05) is 0 Å². The number of hydrogen-bond acceptors (Lipinski definition) is 2. The molecular weight excluding hydrogens is 377 g/mol. The second-order valence-corrected chi connectivity index (χ2v) is 6.48. The molecule has 0 amide bonds. The Morgan fingerprint density at radius 1 is 1.03 bits per heavy atom. The van der Waals surface area contributed by atoms with E-state index in [-0.39, 0.29) is 16.7 Å². The molecule has 29 heavy (non-hydrogen) atoms. The molecule has 3 aromatic rings. The molecule has 0 spiro atoms. The number of carbonyl (C=O) groups is 1. The Hall–Kier alpha value is -3.34. The van der Waals surface area contributed by atoms with E-state index in [1.54, 1.807) is 12.1 Å². The van der Waals surface area contributed by atoms with Crippen LogP contribution in [-0.4, -0.2) is 5.97 Å². The van der Waals surface area contributed by atoms with Crippen molar-refractivity contribution in [3.8, 4) is 5.75 Å². The number of allylic oxidation sites excluding steroid dienone is 2. The molecule has 0 saturated carbocycles. The fraction of sp³-hybridized carbons (Fsp3) is 0.125. The highest BCUT2D eigenvalue weighted by atomic mass is 19.3. The van der Waals surface area contributed by atoms with Gasteiger partial charge in [-0.25, -0.2) is 9.18 Å². The van der Waals surface area contributed by atoms with Gasteiger partial charge in [0.2, 0.25) is 0 Å². The fourth-order valence-electron chi connectivity index (χ4n) is 2.97. The minimum Gasteiger partial charge on any atom is -0.423 e. The van der Waals surface area contributed by atoms with E-state index in [0.29, 0.717) is 17.0 Å². The maximum Gasteiger partial charge on any atom is 0.343 e. The number of rotatable bonds is 6. The Bertz CT molecular complexity index is 1080. The first-order chi connectivity index (χ1) is 14.0. The molecule has 3 aromatic carbocycles. The second kappa shape index (κ2) is 9.24. The van der Waals surface area contributed by atoms with Crippen LogP contribution in [0.1, 0.15) is 34.8 Å². The molecule has 0 heterocycles. The topological polar surface area (TPSA) is 26.3 Å². The van der Waals surface area contributed by atoms with Crippen molar-refractivity contribution in [2.24, 2.45) is 0 Å². The zero-order valence-electron chi connectivity index (χ0n) is 15.8.